The predicted molar refractivity (Wildman–Crippen MR) is 118 cm³/mol. The van der Waals surface area contributed by atoms with Gasteiger partial charge in [0.05, 0.1) is 20.0 Å². The number of thiophene rings is 1. The van der Waals surface area contributed by atoms with Gasteiger partial charge in [-0.1, -0.05) is 11.8 Å². The molecule has 0 radical (unpaired) electrons. The molecule has 0 saturated carbocycles. The van der Waals surface area contributed by atoms with Crippen molar-refractivity contribution in [3.8, 4) is 11.5 Å². The summed E-state index contributed by atoms with van der Waals surface area (Å²) in [5, 5.41) is 3.58. The Morgan fingerprint density at radius 3 is 2.71 bits per heavy atom. The van der Waals surface area contributed by atoms with E-state index < -0.39 is 5.97 Å². The lowest BCUT2D eigenvalue weighted by Gasteiger charge is -2.29. The topological polar surface area (TPSA) is 90.8 Å². The molecule has 0 bridgehead atoms. The molecule has 10 heteroatoms. The van der Waals surface area contributed by atoms with Crippen molar-refractivity contribution in [2.24, 2.45) is 0 Å². The molecule has 1 amide bonds. The fourth-order valence-electron chi connectivity index (χ4n) is 3.38. The molecular formula is C21H21N3O5S2. The van der Waals surface area contributed by atoms with Crippen LogP contribution in [0.1, 0.15) is 11.1 Å². The summed E-state index contributed by atoms with van der Waals surface area (Å²) in [5.74, 6) is 0.708. The van der Waals surface area contributed by atoms with Crippen molar-refractivity contribution in [2.75, 3.05) is 33.1 Å². The third-order valence-corrected chi connectivity index (χ3v) is 6.78. The van der Waals surface area contributed by atoms with Crippen molar-refractivity contribution >= 4 is 45.2 Å². The Labute approximate surface area is 187 Å². The van der Waals surface area contributed by atoms with Gasteiger partial charge in [0.25, 0.3) is 5.91 Å². The molecule has 0 spiro atoms. The zero-order valence-electron chi connectivity index (χ0n) is 17.1. The maximum Gasteiger partial charge on any atom is 0.316 e. The van der Waals surface area contributed by atoms with E-state index in [1.54, 1.807) is 19.1 Å². The number of hydrogen-bond donors (Lipinski definition) is 0. The zero-order valence-corrected chi connectivity index (χ0v) is 18.8. The third kappa shape index (κ3) is 4.75. The molecule has 1 aromatic carbocycles. The fourth-order valence-corrected chi connectivity index (χ4v) is 4.96. The summed E-state index contributed by atoms with van der Waals surface area (Å²) in [6.45, 7) is 0.724. The van der Waals surface area contributed by atoms with Crippen LogP contribution >= 0.6 is 23.1 Å². The number of methoxy groups -OCH3 is 2. The minimum Gasteiger partial charge on any atom is -0.493 e. The van der Waals surface area contributed by atoms with E-state index in [1.165, 1.54) is 29.4 Å². The number of amides is 1. The number of hydrogen-bond acceptors (Lipinski definition) is 9. The summed E-state index contributed by atoms with van der Waals surface area (Å²) >= 11 is 2.80. The smallest absolute Gasteiger partial charge is 0.316 e. The first-order chi connectivity index (χ1) is 15.1. The number of ether oxygens (including phenoxy) is 3. The summed E-state index contributed by atoms with van der Waals surface area (Å²) in [6, 6.07) is 5.77. The molecule has 0 unspecified atom stereocenters. The van der Waals surface area contributed by atoms with Gasteiger partial charge in [0.15, 0.2) is 18.1 Å². The molecule has 1 aliphatic heterocycles. The van der Waals surface area contributed by atoms with Gasteiger partial charge < -0.3 is 19.1 Å². The highest BCUT2D eigenvalue weighted by Crippen LogP contribution is 2.33. The van der Waals surface area contributed by atoms with Gasteiger partial charge in [0.2, 0.25) is 0 Å². The van der Waals surface area contributed by atoms with Gasteiger partial charge in [0.1, 0.15) is 16.2 Å². The Balaban J connectivity index is 1.30. The van der Waals surface area contributed by atoms with Crippen LogP contribution in [0.2, 0.25) is 0 Å². The highest BCUT2D eigenvalue weighted by atomic mass is 32.2. The molecule has 31 heavy (non-hydrogen) atoms. The fraction of sp³-hybridized carbons (Fsp3) is 0.333. The lowest BCUT2D eigenvalue weighted by molar-refractivity contribution is -0.150. The standard InChI is InChI=1S/C21H21N3O5S2/c1-27-16-7-13-3-5-24(9-14(13)8-17(16)28-2)18(25)10-29-19(26)11-31-21-15-4-6-30-20(15)22-12-23-21/h4,6-8,12H,3,5,9-11H2,1-2H3. The van der Waals surface area contributed by atoms with Crippen LogP contribution in [0, 0.1) is 0 Å². The maximum absolute atomic E-state index is 12.6. The number of nitrogens with zero attached hydrogens (tertiary/aromatic N) is 3. The van der Waals surface area contributed by atoms with E-state index >= 15 is 0 Å². The second kappa shape index (κ2) is 9.52. The first kappa shape index (κ1) is 21.4. The Kier molecular flexibility index (Phi) is 6.57. The number of thioether (sulfide) groups is 1. The molecular weight excluding hydrogens is 438 g/mol. The molecule has 1 aliphatic rings. The van der Waals surface area contributed by atoms with E-state index in [4.69, 9.17) is 14.2 Å². The number of benzene rings is 1. The molecule has 0 N–H and O–H groups in total. The molecule has 0 saturated heterocycles. The molecule has 8 nitrogen and oxygen atoms in total. The van der Waals surface area contributed by atoms with E-state index in [2.05, 4.69) is 9.97 Å². The van der Waals surface area contributed by atoms with Gasteiger partial charge in [-0.05, 0) is 41.1 Å². The molecule has 0 atom stereocenters. The molecule has 0 fully saturated rings. The van der Waals surface area contributed by atoms with E-state index in [0.29, 0.717) is 31.0 Å². The summed E-state index contributed by atoms with van der Waals surface area (Å²) < 4.78 is 15.9. The van der Waals surface area contributed by atoms with E-state index in [1.807, 2.05) is 23.6 Å². The van der Waals surface area contributed by atoms with Crippen LogP contribution < -0.4 is 9.47 Å². The van der Waals surface area contributed by atoms with Crippen LogP contribution in [-0.2, 0) is 27.3 Å². The molecule has 2 aromatic heterocycles. The Morgan fingerprint density at radius 2 is 1.94 bits per heavy atom. The van der Waals surface area contributed by atoms with Crippen LogP contribution in [0.25, 0.3) is 10.2 Å². The third-order valence-electron chi connectivity index (χ3n) is 4.98. The molecule has 3 heterocycles. The maximum atomic E-state index is 12.6. The van der Waals surface area contributed by atoms with Crippen LogP contribution in [0.15, 0.2) is 34.9 Å². The normalized spacial score (nSPS) is 13.0. The van der Waals surface area contributed by atoms with Crippen molar-refractivity contribution in [3.63, 3.8) is 0 Å². The highest BCUT2D eigenvalue weighted by Gasteiger charge is 2.23. The average molecular weight is 460 g/mol. The van der Waals surface area contributed by atoms with Crippen molar-refractivity contribution in [1.82, 2.24) is 14.9 Å². The van der Waals surface area contributed by atoms with Crippen LogP contribution in [0.5, 0.6) is 11.5 Å². The quantitative estimate of drug-likeness (QED) is 0.303. The molecule has 162 valence electrons. The minimum atomic E-state index is -0.454. The van der Waals surface area contributed by atoms with E-state index in [9.17, 15) is 9.59 Å². The largest absolute Gasteiger partial charge is 0.493 e. The molecule has 3 aromatic rings. The summed E-state index contributed by atoms with van der Waals surface area (Å²) in [4.78, 5) is 35.7. The summed E-state index contributed by atoms with van der Waals surface area (Å²) in [7, 11) is 3.18. The first-order valence-electron chi connectivity index (χ1n) is 9.57. The predicted octanol–water partition coefficient (Wildman–Crippen LogP) is 2.93. The van der Waals surface area contributed by atoms with Crippen LogP contribution in [0.3, 0.4) is 0 Å². The monoisotopic (exact) mass is 459 g/mol. The van der Waals surface area contributed by atoms with Crippen LogP contribution in [0.4, 0.5) is 0 Å². The Hall–Kier alpha value is -2.85. The number of fused-ring (bicyclic) bond motifs is 2. The first-order valence-corrected chi connectivity index (χ1v) is 11.4. The van der Waals surface area contributed by atoms with E-state index in [0.717, 1.165) is 26.4 Å². The van der Waals surface area contributed by atoms with Crippen LogP contribution in [-0.4, -0.2) is 59.9 Å². The number of esters is 1. The Morgan fingerprint density at radius 1 is 1.16 bits per heavy atom. The van der Waals surface area contributed by atoms with Gasteiger partial charge >= 0.3 is 5.97 Å². The second-order valence-corrected chi connectivity index (χ2v) is 8.67. The molecule has 0 aliphatic carbocycles. The van der Waals surface area contributed by atoms with Crippen molar-refractivity contribution in [2.45, 2.75) is 18.0 Å². The van der Waals surface area contributed by atoms with Gasteiger partial charge in [0, 0.05) is 18.5 Å². The minimum absolute atomic E-state index is 0.0784. The highest BCUT2D eigenvalue weighted by molar-refractivity contribution is 8.00. The zero-order chi connectivity index (χ0) is 21.8. The van der Waals surface area contributed by atoms with Crippen molar-refractivity contribution in [1.29, 1.82) is 0 Å². The van der Waals surface area contributed by atoms with Crippen molar-refractivity contribution in [3.05, 3.63) is 41.0 Å². The second-order valence-electron chi connectivity index (χ2n) is 6.81. The van der Waals surface area contributed by atoms with Gasteiger partial charge in [-0.15, -0.1) is 11.3 Å². The number of carbonyl (C=O) groups excluding carboxylic acids is 2. The Bertz CT molecular complexity index is 1120. The summed E-state index contributed by atoms with van der Waals surface area (Å²) in [5.41, 5.74) is 2.13. The van der Waals surface area contributed by atoms with Gasteiger partial charge in [-0.2, -0.15) is 0 Å². The van der Waals surface area contributed by atoms with Crippen molar-refractivity contribution < 1.29 is 23.8 Å². The number of aromatic nitrogens is 2. The number of rotatable bonds is 7. The lowest BCUT2D eigenvalue weighted by Crippen LogP contribution is -2.38. The number of carbonyl (C=O) groups is 2. The van der Waals surface area contributed by atoms with Gasteiger partial charge in [-0.3, -0.25) is 9.59 Å². The van der Waals surface area contributed by atoms with E-state index in [-0.39, 0.29) is 18.3 Å². The molecule has 4 rings (SSSR count). The average Bonchev–Trinajstić information content (AvgIpc) is 3.29. The van der Waals surface area contributed by atoms with Gasteiger partial charge in [-0.25, -0.2) is 9.97 Å². The SMILES string of the molecule is COc1cc2c(cc1OC)CN(C(=O)COC(=O)CSc1ncnc3sccc13)CC2. The summed E-state index contributed by atoms with van der Waals surface area (Å²) in [6.07, 6.45) is 2.18. The lowest BCUT2D eigenvalue weighted by atomic mass is 9.99.